The summed E-state index contributed by atoms with van der Waals surface area (Å²) >= 11 is 0. The number of ether oxygens (including phenoxy) is 2. The average molecular weight is 337 g/mol. The molecule has 1 heterocycles. The van der Waals surface area contributed by atoms with E-state index in [0.717, 1.165) is 22.0 Å². The first-order valence-corrected chi connectivity index (χ1v) is 7.75. The number of H-pyrrole nitrogens is 1. The SMILES string of the molecule is COc1ccc(/C(C)=C/C(=O)Nc2ccc3cn[nH]c3c2)c(OC)c1. The maximum absolute atomic E-state index is 12.3. The van der Waals surface area contributed by atoms with E-state index in [2.05, 4.69) is 15.5 Å². The van der Waals surface area contributed by atoms with Crippen molar-refractivity contribution in [3.8, 4) is 11.5 Å². The number of benzene rings is 2. The smallest absolute Gasteiger partial charge is 0.248 e. The second kappa shape index (κ2) is 7.09. The van der Waals surface area contributed by atoms with Gasteiger partial charge in [-0.25, -0.2) is 0 Å². The molecule has 6 heteroatoms. The molecule has 0 saturated carbocycles. The quantitative estimate of drug-likeness (QED) is 0.697. The molecule has 0 unspecified atom stereocenters. The van der Waals surface area contributed by atoms with E-state index in [-0.39, 0.29) is 5.91 Å². The lowest BCUT2D eigenvalue weighted by atomic mass is 10.1. The van der Waals surface area contributed by atoms with Gasteiger partial charge >= 0.3 is 0 Å². The molecule has 0 aliphatic carbocycles. The monoisotopic (exact) mass is 337 g/mol. The molecule has 0 spiro atoms. The molecule has 128 valence electrons. The highest BCUT2D eigenvalue weighted by Crippen LogP contribution is 2.30. The molecule has 1 aromatic heterocycles. The van der Waals surface area contributed by atoms with Crippen LogP contribution in [0.1, 0.15) is 12.5 Å². The third-order valence-corrected chi connectivity index (χ3v) is 3.89. The second-order valence-corrected chi connectivity index (χ2v) is 5.55. The van der Waals surface area contributed by atoms with Crippen LogP contribution in [0.2, 0.25) is 0 Å². The Hall–Kier alpha value is -3.28. The number of aromatic amines is 1. The summed E-state index contributed by atoms with van der Waals surface area (Å²) < 4.78 is 10.6. The number of carbonyl (C=O) groups is 1. The molecule has 0 fully saturated rings. The van der Waals surface area contributed by atoms with Crippen molar-refractivity contribution in [2.24, 2.45) is 0 Å². The number of hydrogen-bond donors (Lipinski definition) is 2. The number of hydrogen-bond acceptors (Lipinski definition) is 4. The van der Waals surface area contributed by atoms with Crippen molar-refractivity contribution < 1.29 is 14.3 Å². The Morgan fingerprint density at radius 1 is 1.16 bits per heavy atom. The van der Waals surface area contributed by atoms with Gasteiger partial charge in [-0.3, -0.25) is 9.89 Å². The van der Waals surface area contributed by atoms with Crippen molar-refractivity contribution in [3.05, 3.63) is 54.2 Å². The third kappa shape index (κ3) is 3.63. The van der Waals surface area contributed by atoms with E-state index in [4.69, 9.17) is 9.47 Å². The van der Waals surface area contributed by atoms with Gasteiger partial charge in [0.05, 0.1) is 25.9 Å². The number of aromatic nitrogens is 2. The first kappa shape index (κ1) is 16.6. The predicted molar refractivity (Wildman–Crippen MR) is 97.9 cm³/mol. The minimum Gasteiger partial charge on any atom is -0.497 e. The Labute approximate surface area is 145 Å². The average Bonchev–Trinajstić information content (AvgIpc) is 3.08. The van der Waals surface area contributed by atoms with Gasteiger partial charge in [0.2, 0.25) is 5.91 Å². The summed E-state index contributed by atoms with van der Waals surface area (Å²) in [4.78, 5) is 12.3. The Morgan fingerprint density at radius 2 is 2.00 bits per heavy atom. The van der Waals surface area contributed by atoms with E-state index in [1.54, 1.807) is 32.6 Å². The second-order valence-electron chi connectivity index (χ2n) is 5.55. The molecular formula is C19H19N3O3. The van der Waals surface area contributed by atoms with Gasteiger partial charge in [0.15, 0.2) is 0 Å². The summed E-state index contributed by atoms with van der Waals surface area (Å²) in [5, 5.41) is 10.7. The zero-order chi connectivity index (χ0) is 17.8. The highest BCUT2D eigenvalue weighted by molar-refractivity contribution is 6.04. The van der Waals surface area contributed by atoms with E-state index in [0.29, 0.717) is 17.2 Å². The predicted octanol–water partition coefficient (Wildman–Crippen LogP) is 3.62. The van der Waals surface area contributed by atoms with Crippen LogP contribution in [-0.2, 0) is 4.79 Å². The van der Waals surface area contributed by atoms with Crippen molar-refractivity contribution >= 4 is 28.1 Å². The number of methoxy groups -OCH3 is 2. The van der Waals surface area contributed by atoms with Crippen LogP contribution < -0.4 is 14.8 Å². The number of amides is 1. The van der Waals surface area contributed by atoms with Gasteiger partial charge in [0.25, 0.3) is 0 Å². The molecule has 0 aliphatic heterocycles. The van der Waals surface area contributed by atoms with Crippen LogP contribution in [0.5, 0.6) is 11.5 Å². The normalized spacial score (nSPS) is 11.4. The molecule has 1 amide bonds. The largest absolute Gasteiger partial charge is 0.497 e. The number of allylic oxidation sites excluding steroid dienone is 1. The molecular weight excluding hydrogens is 318 g/mol. The van der Waals surface area contributed by atoms with Crippen LogP contribution in [0, 0.1) is 0 Å². The summed E-state index contributed by atoms with van der Waals surface area (Å²) in [6, 6.07) is 11.1. The van der Waals surface area contributed by atoms with Crippen molar-refractivity contribution in [2.45, 2.75) is 6.92 Å². The molecule has 3 rings (SSSR count). The van der Waals surface area contributed by atoms with Gasteiger partial charge in [-0.1, -0.05) is 0 Å². The fraction of sp³-hybridized carbons (Fsp3) is 0.158. The van der Waals surface area contributed by atoms with Crippen LogP contribution in [-0.4, -0.2) is 30.3 Å². The van der Waals surface area contributed by atoms with Crippen molar-refractivity contribution in [1.82, 2.24) is 10.2 Å². The van der Waals surface area contributed by atoms with Crippen molar-refractivity contribution in [2.75, 3.05) is 19.5 Å². The van der Waals surface area contributed by atoms with E-state index >= 15 is 0 Å². The highest BCUT2D eigenvalue weighted by Gasteiger charge is 2.09. The molecule has 0 saturated heterocycles. The lowest BCUT2D eigenvalue weighted by Gasteiger charge is -2.11. The number of carbonyl (C=O) groups excluding carboxylic acids is 1. The lowest BCUT2D eigenvalue weighted by Crippen LogP contribution is -2.08. The topological polar surface area (TPSA) is 76.2 Å². The standard InChI is InChI=1S/C19H19N3O3/c1-12(16-7-6-15(24-2)10-18(16)25-3)8-19(23)21-14-5-4-13-11-20-22-17(13)9-14/h4-11H,1-3H3,(H,20,22)(H,21,23)/b12-8+. The van der Waals surface area contributed by atoms with Crippen LogP contribution in [0.25, 0.3) is 16.5 Å². The number of nitrogens with zero attached hydrogens (tertiary/aromatic N) is 1. The summed E-state index contributed by atoms with van der Waals surface area (Å²) in [5.41, 5.74) is 3.20. The van der Waals surface area contributed by atoms with Gasteiger partial charge < -0.3 is 14.8 Å². The molecule has 0 bridgehead atoms. The molecule has 2 N–H and O–H groups in total. The van der Waals surface area contributed by atoms with Crippen molar-refractivity contribution in [1.29, 1.82) is 0 Å². The number of anilines is 1. The van der Waals surface area contributed by atoms with Gasteiger partial charge in [-0.05, 0) is 42.8 Å². The zero-order valence-electron chi connectivity index (χ0n) is 14.3. The molecule has 0 radical (unpaired) electrons. The fourth-order valence-corrected chi connectivity index (χ4v) is 2.59. The van der Waals surface area contributed by atoms with Crippen LogP contribution >= 0.6 is 0 Å². The molecule has 2 aromatic carbocycles. The highest BCUT2D eigenvalue weighted by atomic mass is 16.5. The Kier molecular flexibility index (Phi) is 4.70. The number of nitrogens with one attached hydrogen (secondary N) is 2. The molecule has 3 aromatic rings. The van der Waals surface area contributed by atoms with E-state index in [1.165, 1.54) is 0 Å². The van der Waals surface area contributed by atoms with Gasteiger partial charge in [0.1, 0.15) is 11.5 Å². The third-order valence-electron chi connectivity index (χ3n) is 3.89. The van der Waals surface area contributed by atoms with Gasteiger partial charge in [-0.15, -0.1) is 0 Å². The lowest BCUT2D eigenvalue weighted by molar-refractivity contribution is -0.111. The number of rotatable bonds is 5. The first-order chi connectivity index (χ1) is 12.1. The summed E-state index contributed by atoms with van der Waals surface area (Å²) in [7, 11) is 3.19. The maximum atomic E-state index is 12.3. The van der Waals surface area contributed by atoms with Gasteiger partial charge in [0, 0.05) is 28.8 Å². The zero-order valence-corrected chi connectivity index (χ0v) is 14.3. The summed E-state index contributed by atoms with van der Waals surface area (Å²) in [5.74, 6) is 1.14. The van der Waals surface area contributed by atoms with Crippen LogP contribution in [0.15, 0.2) is 48.7 Å². The minimum absolute atomic E-state index is 0.214. The first-order valence-electron chi connectivity index (χ1n) is 7.75. The molecule has 25 heavy (non-hydrogen) atoms. The maximum Gasteiger partial charge on any atom is 0.248 e. The Balaban J connectivity index is 1.80. The Bertz CT molecular complexity index is 944. The molecule has 0 aliphatic rings. The Morgan fingerprint density at radius 3 is 2.76 bits per heavy atom. The molecule has 0 atom stereocenters. The minimum atomic E-state index is -0.214. The summed E-state index contributed by atoms with van der Waals surface area (Å²) in [6.07, 6.45) is 3.28. The summed E-state index contributed by atoms with van der Waals surface area (Å²) in [6.45, 7) is 1.86. The van der Waals surface area contributed by atoms with Gasteiger partial charge in [-0.2, -0.15) is 5.10 Å². The van der Waals surface area contributed by atoms with E-state index in [1.807, 2.05) is 37.3 Å². The number of fused-ring (bicyclic) bond motifs is 1. The fourth-order valence-electron chi connectivity index (χ4n) is 2.59. The van der Waals surface area contributed by atoms with E-state index < -0.39 is 0 Å². The molecule has 6 nitrogen and oxygen atoms in total. The van der Waals surface area contributed by atoms with Crippen LogP contribution in [0.4, 0.5) is 5.69 Å². The van der Waals surface area contributed by atoms with E-state index in [9.17, 15) is 4.79 Å². The van der Waals surface area contributed by atoms with Crippen LogP contribution in [0.3, 0.4) is 0 Å². The van der Waals surface area contributed by atoms with Crippen molar-refractivity contribution in [3.63, 3.8) is 0 Å².